The van der Waals surface area contributed by atoms with E-state index in [4.69, 9.17) is 9.47 Å². The van der Waals surface area contributed by atoms with E-state index in [-0.39, 0.29) is 17.8 Å². The van der Waals surface area contributed by atoms with Crippen LogP contribution >= 0.6 is 0 Å². The van der Waals surface area contributed by atoms with Crippen molar-refractivity contribution in [3.8, 4) is 5.75 Å². The van der Waals surface area contributed by atoms with Crippen molar-refractivity contribution in [3.63, 3.8) is 0 Å². The summed E-state index contributed by atoms with van der Waals surface area (Å²) in [4.78, 5) is 25.2. The lowest BCUT2D eigenvalue weighted by Gasteiger charge is -2.28. The summed E-state index contributed by atoms with van der Waals surface area (Å²) in [6, 6.07) is 7.33. The fourth-order valence-electron chi connectivity index (χ4n) is 3.01. The van der Waals surface area contributed by atoms with Gasteiger partial charge in [-0.1, -0.05) is 0 Å². The first-order valence-corrected chi connectivity index (χ1v) is 8.65. The minimum atomic E-state index is -0.137. The Labute approximate surface area is 143 Å². The summed E-state index contributed by atoms with van der Waals surface area (Å²) in [5, 5.41) is 2.90. The van der Waals surface area contributed by atoms with Crippen molar-refractivity contribution >= 4 is 17.6 Å². The van der Waals surface area contributed by atoms with Crippen molar-refractivity contribution in [3.05, 3.63) is 24.3 Å². The van der Waals surface area contributed by atoms with Gasteiger partial charge in [0, 0.05) is 5.69 Å². The monoisotopic (exact) mass is 335 g/mol. The minimum absolute atomic E-state index is 0.0429. The standard InChI is InChI=1S/C18H26N2O4/c1-3-23-16-9-7-15(8-10-16)19-17(21)13-20-11-5-6-14(12-20)18(22)24-4-2/h7-10,14H,3-6,11-13H2,1-2H3,(H,19,21)/p+1/t14-/m1/s1. The Balaban J connectivity index is 1.82. The molecule has 1 fully saturated rings. The fourth-order valence-corrected chi connectivity index (χ4v) is 3.01. The lowest BCUT2D eigenvalue weighted by atomic mass is 9.98. The molecule has 0 aliphatic carbocycles. The third kappa shape index (κ3) is 5.53. The lowest BCUT2D eigenvalue weighted by Crippen LogP contribution is -3.14. The number of likely N-dealkylation sites (tertiary alicyclic amines) is 1. The quantitative estimate of drug-likeness (QED) is 0.726. The van der Waals surface area contributed by atoms with Gasteiger partial charge in [-0.25, -0.2) is 0 Å². The molecule has 1 aliphatic rings. The Morgan fingerprint density at radius 2 is 1.96 bits per heavy atom. The number of hydrogen-bond acceptors (Lipinski definition) is 4. The van der Waals surface area contributed by atoms with Crippen molar-refractivity contribution < 1.29 is 24.0 Å². The van der Waals surface area contributed by atoms with Crippen molar-refractivity contribution in [2.75, 3.05) is 38.2 Å². The van der Waals surface area contributed by atoms with Crippen molar-refractivity contribution in [2.45, 2.75) is 26.7 Å². The largest absolute Gasteiger partial charge is 0.494 e. The Morgan fingerprint density at radius 3 is 2.62 bits per heavy atom. The molecule has 0 saturated carbocycles. The average molecular weight is 335 g/mol. The maximum Gasteiger partial charge on any atom is 0.314 e. The van der Waals surface area contributed by atoms with E-state index in [0.29, 0.717) is 26.3 Å². The predicted molar refractivity (Wildman–Crippen MR) is 91.2 cm³/mol. The molecule has 6 heteroatoms. The van der Waals surface area contributed by atoms with Gasteiger partial charge in [-0.05, 0) is 51.0 Å². The predicted octanol–water partition coefficient (Wildman–Crippen LogP) is 0.882. The number of anilines is 1. The van der Waals surface area contributed by atoms with Crippen molar-refractivity contribution in [2.24, 2.45) is 5.92 Å². The van der Waals surface area contributed by atoms with Crippen LogP contribution < -0.4 is 15.0 Å². The summed E-state index contributed by atoms with van der Waals surface area (Å²) in [6.45, 7) is 6.70. The summed E-state index contributed by atoms with van der Waals surface area (Å²) in [6.07, 6.45) is 1.79. The van der Waals surface area contributed by atoms with Crippen LogP contribution in [0.5, 0.6) is 5.75 Å². The fraction of sp³-hybridized carbons (Fsp3) is 0.556. The van der Waals surface area contributed by atoms with Gasteiger partial charge < -0.3 is 19.7 Å². The second kappa shape index (κ2) is 9.27. The molecule has 1 aliphatic heterocycles. The Hall–Kier alpha value is -2.08. The number of benzene rings is 1. The van der Waals surface area contributed by atoms with Gasteiger partial charge >= 0.3 is 5.97 Å². The van der Waals surface area contributed by atoms with Gasteiger partial charge in [-0.15, -0.1) is 0 Å². The van der Waals surface area contributed by atoms with Gasteiger partial charge in [0.2, 0.25) is 0 Å². The van der Waals surface area contributed by atoms with Crippen LogP contribution in [0.4, 0.5) is 5.69 Å². The molecule has 1 amide bonds. The van der Waals surface area contributed by atoms with Crippen LogP contribution in [0.2, 0.25) is 0 Å². The third-order valence-corrected chi connectivity index (χ3v) is 4.10. The molecule has 2 N–H and O–H groups in total. The van der Waals surface area contributed by atoms with Crippen LogP contribution in [0.15, 0.2) is 24.3 Å². The summed E-state index contributed by atoms with van der Waals surface area (Å²) in [7, 11) is 0. The Kier molecular flexibility index (Phi) is 7.06. The Bertz CT molecular complexity index is 544. The summed E-state index contributed by atoms with van der Waals surface area (Å²) in [5.74, 6) is 0.515. The summed E-state index contributed by atoms with van der Waals surface area (Å²) >= 11 is 0. The SMILES string of the molecule is CCOC(=O)[C@@H]1CCC[NH+](CC(=O)Nc2ccc(OCC)cc2)C1. The molecular formula is C18H27N2O4+. The molecule has 0 bridgehead atoms. The van der Waals surface area contributed by atoms with E-state index in [0.717, 1.165) is 35.7 Å². The first-order valence-electron chi connectivity index (χ1n) is 8.65. The molecule has 132 valence electrons. The minimum Gasteiger partial charge on any atom is -0.494 e. The highest BCUT2D eigenvalue weighted by Gasteiger charge is 2.30. The van der Waals surface area contributed by atoms with Gasteiger partial charge in [-0.2, -0.15) is 0 Å². The number of carbonyl (C=O) groups is 2. The van der Waals surface area contributed by atoms with E-state index in [1.54, 1.807) is 0 Å². The zero-order valence-electron chi connectivity index (χ0n) is 14.5. The van der Waals surface area contributed by atoms with Gasteiger partial charge in [0.1, 0.15) is 11.7 Å². The molecule has 1 aromatic carbocycles. The van der Waals surface area contributed by atoms with Crippen LogP contribution in [0.1, 0.15) is 26.7 Å². The number of carbonyl (C=O) groups excluding carboxylic acids is 2. The molecule has 24 heavy (non-hydrogen) atoms. The molecule has 1 unspecified atom stereocenters. The van der Waals surface area contributed by atoms with Gasteiger partial charge in [0.25, 0.3) is 5.91 Å². The highest BCUT2D eigenvalue weighted by Crippen LogP contribution is 2.15. The lowest BCUT2D eigenvalue weighted by molar-refractivity contribution is -0.899. The molecule has 6 nitrogen and oxygen atoms in total. The van der Waals surface area contributed by atoms with E-state index in [2.05, 4.69) is 5.32 Å². The first-order chi connectivity index (χ1) is 11.6. The number of esters is 1. The molecule has 0 aromatic heterocycles. The maximum absolute atomic E-state index is 12.2. The number of ether oxygens (including phenoxy) is 2. The Morgan fingerprint density at radius 1 is 1.21 bits per heavy atom. The highest BCUT2D eigenvalue weighted by molar-refractivity contribution is 5.91. The molecule has 0 spiro atoms. The highest BCUT2D eigenvalue weighted by atomic mass is 16.5. The van der Waals surface area contributed by atoms with Crippen LogP contribution in [-0.2, 0) is 14.3 Å². The van der Waals surface area contributed by atoms with Crippen LogP contribution in [0.25, 0.3) is 0 Å². The third-order valence-electron chi connectivity index (χ3n) is 4.10. The molecule has 1 heterocycles. The zero-order chi connectivity index (χ0) is 17.4. The van der Waals surface area contributed by atoms with Crippen LogP contribution in [-0.4, -0.2) is 44.7 Å². The van der Waals surface area contributed by atoms with E-state index in [9.17, 15) is 9.59 Å². The number of quaternary nitrogens is 1. The van der Waals surface area contributed by atoms with Gasteiger partial charge in [0.15, 0.2) is 6.54 Å². The normalized spacial score (nSPS) is 20.2. The second-order valence-corrected chi connectivity index (χ2v) is 5.98. The molecule has 1 aromatic rings. The number of nitrogens with one attached hydrogen (secondary N) is 2. The smallest absolute Gasteiger partial charge is 0.314 e. The molecule has 1 saturated heterocycles. The second-order valence-electron chi connectivity index (χ2n) is 5.98. The maximum atomic E-state index is 12.2. The van der Waals surface area contributed by atoms with Gasteiger partial charge in [-0.3, -0.25) is 9.59 Å². The molecule has 2 rings (SSSR count). The molecule has 0 radical (unpaired) electrons. The van der Waals surface area contributed by atoms with E-state index < -0.39 is 0 Å². The van der Waals surface area contributed by atoms with Crippen molar-refractivity contribution in [1.82, 2.24) is 0 Å². The number of rotatable bonds is 7. The van der Waals surface area contributed by atoms with Gasteiger partial charge in [0.05, 0.1) is 26.3 Å². The molecule has 2 atom stereocenters. The summed E-state index contributed by atoms with van der Waals surface area (Å²) < 4.78 is 10.5. The number of amides is 1. The number of hydrogen-bond donors (Lipinski definition) is 2. The zero-order valence-corrected chi connectivity index (χ0v) is 14.5. The van der Waals surface area contributed by atoms with E-state index in [1.165, 1.54) is 0 Å². The average Bonchev–Trinajstić information content (AvgIpc) is 2.57. The van der Waals surface area contributed by atoms with Crippen molar-refractivity contribution in [1.29, 1.82) is 0 Å². The van der Waals surface area contributed by atoms with E-state index in [1.807, 2.05) is 38.1 Å². The first kappa shape index (κ1) is 18.3. The molecular weight excluding hydrogens is 308 g/mol. The number of piperidine rings is 1. The van der Waals surface area contributed by atoms with Crippen LogP contribution in [0.3, 0.4) is 0 Å². The van der Waals surface area contributed by atoms with E-state index >= 15 is 0 Å². The van der Waals surface area contributed by atoms with Crippen LogP contribution in [0, 0.1) is 5.92 Å². The topological polar surface area (TPSA) is 69.1 Å². The summed E-state index contributed by atoms with van der Waals surface area (Å²) in [5.41, 5.74) is 0.752.